The summed E-state index contributed by atoms with van der Waals surface area (Å²) in [6.45, 7) is 3.73. The predicted molar refractivity (Wildman–Crippen MR) is 181 cm³/mol. The fourth-order valence-corrected chi connectivity index (χ4v) is 5.42. The molecule has 1 fully saturated rings. The molecule has 2 aromatic rings. The van der Waals surface area contributed by atoms with Crippen molar-refractivity contribution in [1.82, 2.24) is 0 Å². The van der Waals surface area contributed by atoms with Crippen molar-refractivity contribution in [2.45, 2.75) is 70.8 Å². The number of halogens is 3. The second-order valence-electron chi connectivity index (χ2n) is 11.2. The number of carbonyl (C=O) groups is 5. The number of hydrogen-bond donors (Lipinski definition) is 1. The SMILES string of the molecule is CC(=O)OC[C@H]1O[C@@H](Oc2ccc(NC(=O)COC(=O)CCCc3ccc(N(CCCl)CCCl)cc3)cc2)[C@H](F)[C@@H](OC(C)=O)[C@@H]1OC(C)=O. The largest absolute Gasteiger partial charge is 0.463 e. The molecular formula is C34H41Cl2FN2O11. The van der Waals surface area contributed by atoms with E-state index in [0.29, 0.717) is 43.4 Å². The molecule has 0 bridgehead atoms. The van der Waals surface area contributed by atoms with Gasteiger partial charge in [-0.3, -0.25) is 24.0 Å². The molecular weight excluding hydrogens is 702 g/mol. The molecule has 1 aliphatic heterocycles. The van der Waals surface area contributed by atoms with Gasteiger partial charge in [0.05, 0.1) is 0 Å². The van der Waals surface area contributed by atoms with Crippen LogP contribution in [0.3, 0.4) is 0 Å². The first-order chi connectivity index (χ1) is 23.9. The molecule has 0 spiro atoms. The number of amides is 1. The van der Waals surface area contributed by atoms with E-state index in [1.807, 2.05) is 24.3 Å². The number of esters is 4. The maximum atomic E-state index is 15.6. The van der Waals surface area contributed by atoms with Gasteiger partial charge >= 0.3 is 23.9 Å². The molecule has 16 heteroatoms. The first kappa shape index (κ1) is 40.3. The topological polar surface area (TPSA) is 156 Å². The third-order valence-electron chi connectivity index (χ3n) is 7.24. The van der Waals surface area contributed by atoms with Crippen LogP contribution in [0.4, 0.5) is 15.8 Å². The Morgan fingerprint density at radius 3 is 2.04 bits per heavy atom. The average Bonchev–Trinajstić information content (AvgIpc) is 3.06. The Bertz CT molecular complexity index is 1430. The van der Waals surface area contributed by atoms with E-state index in [1.165, 1.54) is 24.3 Å². The molecule has 1 saturated heterocycles. The number of aryl methyl sites for hydroxylation is 1. The van der Waals surface area contributed by atoms with E-state index in [-0.39, 0.29) is 12.2 Å². The van der Waals surface area contributed by atoms with Gasteiger partial charge in [0.1, 0.15) is 18.5 Å². The lowest BCUT2D eigenvalue weighted by Crippen LogP contribution is -2.61. The fraction of sp³-hybridized carbons (Fsp3) is 0.500. The van der Waals surface area contributed by atoms with Gasteiger partial charge in [-0.25, -0.2) is 4.39 Å². The van der Waals surface area contributed by atoms with Gasteiger partial charge in [0.25, 0.3) is 5.91 Å². The monoisotopic (exact) mass is 742 g/mol. The van der Waals surface area contributed by atoms with Crippen molar-refractivity contribution < 1.29 is 56.8 Å². The van der Waals surface area contributed by atoms with Crippen LogP contribution in [0, 0.1) is 0 Å². The molecule has 1 aliphatic rings. The number of alkyl halides is 3. The standard InChI is InChI=1S/C34H41Cl2FN2O11/c1-21(40)45-19-28-32(47-22(2)41)33(48-23(3)42)31(37)34(50-28)49-27-13-9-25(10-14-27)38-29(43)20-46-30(44)6-4-5-24-7-11-26(12-8-24)39(17-15-35)18-16-36/h7-14,28,31-34H,4-6,15-20H2,1-3H3,(H,38,43)/t28-,31-,32-,33-,34-/m1/s1. The minimum atomic E-state index is -2.11. The predicted octanol–water partition coefficient (Wildman–Crippen LogP) is 4.34. The third-order valence-corrected chi connectivity index (χ3v) is 7.58. The summed E-state index contributed by atoms with van der Waals surface area (Å²) in [4.78, 5) is 61.5. The lowest BCUT2D eigenvalue weighted by atomic mass is 9.99. The highest BCUT2D eigenvalue weighted by atomic mass is 35.5. The smallest absolute Gasteiger partial charge is 0.306 e. The van der Waals surface area contributed by atoms with Crippen LogP contribution in [0.2, 0.25) is 0 Å². The Kier molecular flexibility index (Phi) is 16.5. The number of carbonyl (C=O) groups excluding carboxylic acids is 5. The van der Waals surface area contributed by atoms with Crippen molar-refractivity contribution in [1.29, 1.82) is 0 Å². The lowest BCUT2D eigenvalue weighted by Gasteiger charge is -2.41. The second kappa shape index (κ2) is 20.5. The molecule has 1 N–H and O–H groups in total. The van der Waals surface area contributed by atoms with Gasteiger partial charge in [-0.1, -0.05) is 12.1 Å². The summed E-state index contributed by atoms with van der Waals surface area (Å²) in [6, 6.07) is 13.7. The molecule has 5 atom stereocenters. The number of ether oxygens (including phenoxy) is 6. The van der Waals surface area contributed by atoms with E-state index in [4.69, 9.17) is 51.6 Å². The Morgan fingerprint density at radius 1 is 0.840 bits per heavy atom. The number of hydrogen-bond acceptors (Lipinski definition) is 12. The number of nitrogens with one attached hydrogen (secondary N) is 1. The highest BCUT2D eigenvalue weighted by molar-refractivity contribution is 6.18. The van der Waals surface area contributed by atoms with Crippen molar-refractivity contribution >= 4 is 64.4 Å². The highest BCUT2D eigenvalue weighted by Gasteiger charge is 2.52. The fourth-order valence-electron chi connectivity index (χ4n) is 5.01. The maximum Gasteiger partial charge on any atom is 0.306 e. The number of rotatable bonds is 18. The van der Waals surface area contributed by atoms with E-state index >= 15 is 4.39 Å². The van der Waals surface area contributed by atoms with Crippen molar-refractivity contribution in [3.8, 4) is 5.75 Å². The molecule has 1 heterocycles. The van der Waals surface area contributed by atoms with Crippen LogP contribution >= 0.6 is 23.2 Å². The summed E-state index contributed by atoms with van der Waals surface area (Å²) in [5, 5.41) is 2.59. The van der Waals surface area contributed by atoms with Crippen LogP contribution in [-0.4, -0.2) is 98.6 Å². The summed E-state index contributed by atoms with van der Waals surface area (Å²) in [7, 11) is 0. The van der Waals surface area contributed by atoms with Gasteiger partial charge in [-0.05, 0) is 54.8 Å². The molecule has 13 nitrogen and oxygen atoms in total. The summed E-state index contributed by atoms with van der Waals surface area (Å²) >= 11 is 11.8. The van der Waals surface area contributed by atoms with Crippen LogP contribution in [0.25, 0.3) is 0 Å². The minimum Gasteiger partial charge on any atom is -0.463 e. The Morgan fingerprint density at radius 2 is 1.46 bits per heavy atom. The molecule has 0 aliphatic carbocycles. The Labute approximate surface area is 299 Å². The van der Waals surface area contributed by atoms with E-state index in [0.717, 1.165) is 32.0 Å². The van der Waals surface area contributed by atoms with Crippen molar-refractivity contribution in [3.63, 3.8) is 0 Å². The van der Waals surface area contributed by atoms with Crippen LogP contribution in [0.5, 0.6) is 5.75 Å². The second-order valence-corrected chi connectivity index (χ2v) is 11.9. The molecule has 1 amide bonds. The minimum absolute atomic E-state index is 0.110. The third kappa shape index (κ3) is 13.3. The first-order valence-electron chi connectivity index (χ1n) is 15.9. The molecule has 0 unspecified atom stereocenters. The maximum absolute atomic E-state index is 15.6. The number of nitrogens with zero attached hydrogens (tertiary/aromatic N) is 1. The molecule has 50 heavy (non-hydrogen) atoms. The van der Waals surface area contributed by atoms with Gasteiger partial charge in [-0.15, -0.1) is 23.2 Å². The quantitative estimate of drug-likeness (QED) is 0.131. The van der Waals surface area contributed by atoms with Crippen LogP contribution in [0.1, 0.15) is 39.2 Å². The molecule has 0 radical (unpaired) electrons. The van der Waals surface area contributed by atoms with Gasteiger partial charge in [0, 0.05) is 63.4 Å². The Hall–Kier alpha value is -4.14. The molecule has 274 valence electrons. The normalized spacial score (nSPS) is 19.8. The van der Waals surface area contributed by atoms with Gasteiger partial charge in [0.2, 0.25) is 12.5 Å². The summed E-state index contributed by atoms with van der Waals surface area (Å²) in [5.74, 6) is -2.31. The zero-order valence-corrected chi connectivity index (χ0v) is 29.5. The van der Waals surface area contributed by atoms with E-state index in [9.17, 15) is 24.0 Å². The van der Waals surface area contributed by atoms with Crippen molar-refractivity contribution in [2.24, 2.45) is 0 Å². The van der Waals surface area contributed by atoms with Crippen LogP contribution in [0.15, 0.2) is 48.5 Å². The van der Waals surface area contributed by atoms with E-state index in [2.05, 4.69) is 10.2 Å². The average molecular weight is 744 g/mol. The zero-order valence-electron chi connectivity index (χ0n) is 27.9. The van der Waals surface area contributed by atoms with E-state index < -0.39 is 73.8 Å². The number of anilines is 2. The highest BCUT2D eigenvalue weighted by Crippen LogP contribution is 2.31. The Balaban J connectivity index is 1.48. The molecule has 3 rings (SSSR count). The van der Waals surface area contributed by atoms with Crippen LogP contribution < -0.4 is 15.0 Å². The van der Waals surface area contributed by atoms with Gasteiger partial charge in [0.15, 0.2) is 18.8 Å². The summed E-state index contributed by atoms with van der Waals surface area (Å²) < 4.78 is 47.2. The molecule has 0 aromatic heterocycles. The first-order valence-corrected chi connectivity index (χ1v) is 16.9. The molecule has 0 saturated carbocycles. The summed E-state index contributed by atoms with van der Waals surface area (Å²) in [5.41, 5.74) is 2.41. The number of benzene rings is 2. The summed E-state index contributed by atoms with van der Waals surface area (Å²) in [6.07, 6.45) is -6.71. The zero-order chi connectivity index (χ0) is 36.6. The van der Waals surface area contributed by atoms with Gasteiger partial charge < -0.3 is 38.6 Å². The van der Waals surface area contributed by atoms with Crippen LogP contribution in [-0.2, 0) is 54.1 Å². The molecule has 2 aromatic carbocycles. The van der Waals surface area contributed by atoms with E-state index in [1.54, 1.807) is 0 Å². The van der Waals surface area contributed by atoms with Crippen molar-refractivity contribution in [3.05, 3.63) is 54.1 Å². The van der Waals surface area contributed by atoms with Gasteiger partial charge in [-0.2, -0.15) is 0 Å². The van der Waals surface area contributed by atoms with Crippen molar-refractivity contribution in [2.75, 3.05) is 48.3 Å². The lowest BCUT2D eigenvalue weighted by molar-refractivity contribution is -0.271.